The van der Waals surface area contributed by atoms with Crippen LogP contribution in [0.5, 0.6) is 0 Å². The van der Waals surface area contributed by atoms with Gasteiger partial charge in [0.2, 0.25) is 12.3 Å². The predicted octanol–water partition coefficient (Wildman–Crippen LogP) is 5.83. The molecule has 2 heteroatoms. The van der Waals surface area contributed by atoms with E-state index in [1.54, 1.807) is 0 Å². The maximum absolute atomic E-state index is 12.5. The van der Waals surface area contributed by atoms with E-state index in [0.29, 0.717) is 6.54 Å². The van der Waals surface area contributed by atoms with E-state index in [4.69, 9.17) is 0 Å². The zero-order chi connectivity index (χ0) is 19.6. The summed E-state index contributed by atoms with van der Waals surface area (Å²) in [5, 5.41) is 5.00. The van der Waals surface area contributed by atoms with E-state index in [-0.39, 0.29) is 5.78 Å². The maximum Gasteiger partial charge on any atom is 0.227 e. The Morgan fingerprint density at radius 1 is 0.655 bits per heavy atom. The molecular weight excluding hydrogens is 354 g/mol. The van der Waals surface area contributed by atoms with Crippen LogP contribution in [0.3, 0.4) is 0 Å². The summed E-state index contributed by atoms with van der Waals surface area (Å²) in [6, 6.07) is 32.9. The lowest BCUT2D eigenvalue weighted by atomic mass is 9.94. The number of Topliss-reactive ketones (excluding diaryl/α,β-unsaturated/α-hetero) is 1. The number of pyridine rings is 1. The number of ketones is 1. The van der Waals surface area contributed by atoms with Gasteiger partial charge in [-0.15, -0.1) is 0 Å². The minimum absolute atomic E-state index is 0.111. The largest absolute Gasteiger partial charge is 0.287 e. The normalized spacial score (nSPS) is 11.0. The Morgan fingerprint density at radius 2 is 1.28 bits per heavy atom. The molecule has 0 radical (unpaired) electrons. The van der Waals surface area contributed by atoms with Crippen LogP contribution in [0, 0.1) is 0 Å². The predicted molar refractivity (Wildman–Crippen MR) is 118 cm³/mol. The molecule has 0 saturated heterocycles. The summed E-state index contributed by atoms with van der Waals surface area (Å²) in [6.45, 7) is 0.336. The SMILES string of the molecule is O=C(C[n+]1ccc(-c2cc3ccccc3c3ccccc23)cc1)c1ccccc1. The van der Waals surface area contributed by atoms with Crippen LogP contribution in [-0.4, -0.2) is 5.78 Å². The molecule has 29 heavy (non-hydrogen) atoms. The number of hydrogen-bond donors (Lipinski definition) is 0. The van der Waals surface area contributed by atoms with Gasteiger partial charge in [0.15, 0.2) is 12.4 Å². The van der Waals surface area contributed by atoms with Crippen molar-refractivity contribution in [2.24, 2.45) is 0 Å². The average molecular weight is 374 g/mol. The highest BCUT2D eigenvalue weighted by molar-refractivity contribution is 6.13. The third-order valence-electron chi connectivity index (χ3n) is 5.39. The molecule has 0 N–H and O–H groups in total. The average Bonchev–Trinajstić information content (AvgIpc) is 2.80. The van der Waals surface area contributed by atoms with E-state index in [9.17, 15) is 4.79 Å². The Labute approximate surface area is 169 Å². The van der Waals surface area contributed by atoms with Gasteiger partial charge in [0.25, 0.3) is 0 Å². The monoisotopic (exact) mass is 374 g/mol. The number of fused-ring (bicyclic) bond motifs is 3. The fourth-order valence-corrected chi connectivity index (χ4v) is 3.92. The number of nitrogens with zero attached hydrogens (tertiary/aromatic N) is 1. The van der Waals surface area contributed by atoms with E-state index in [1.165, 1.54) is 27.1 Å². The smallest absolute Gasteiger partial charge is 0.227 e. The van der Waals surface area contributed by atoms with Crippen LogP contribution in [0.2, 0.25) is 0 Å². The number of hydrogen-bond acceptors (Lipinski definition) is 1. The van der Waals surface area contributed by atoms with E-state index in [2.05, 4.69) is 66.7 Å². The molecule has 0 unspecified atom stereocenters. The van der Waals surface area contributed by atoms with Gasteiger partial charge in [-0.1, -0.05) is 78.9 Å². The molecule has 2 nitrogen and oxygen atoms in total. The second-order valence-corrected chi connectivity index (χ2v) is 7.24. The first kappa shape index (κ1) is 17.3. The Hall–Kier alpha value is -3.78. The van der Waals surface area contributed by atoms with Crippen molar-refractivity contribution in [3.63, 3.8) is 0 Å². The molecule has 1 aromatic heterocycles. The van der Waals surface area contributed by atoms with Crippen LogP contribution < -0.4 is 4.57 Å². The molecule has 0 fully saturated rings. The summed E-state index contributed by atoms with van der Waals surface area (Å²) in [5.74, 6) is 0.111. The lowest BCUT2D eigenvalue weighted by Gasteiger charge is -2.10. The van der Waals surface area contributed by atoms with E-state index in [0.717, 1.165) is 11.1 Å². The molecule has 0 bridgehead atoms. The molecule has 0 atom stereocenters. The lowest BCUT2D eigenvalue weighted by Crippen LogP contribution is -2.37. The number of carbonyl (C=O) groups excluding carboxylic acids is 1. The van der Waals surface area contributed by atoms with Crippen LogP contribution >= 0.6 is 0 Å². The van der Waals surface area contributed by atoms with Crippen molar-refractivity contribution in [1.82, 2.24) is 0 Å². The molecule has 5 rings (SSSR count). The Morgan fingerprint density at radius 3 is 2.03 bits per heavy atom. The summed E-state index contributed by atoms with van der Waals surface area (Å²) in [4.78, 5) is 12.5. The van der Waals surface area contributed by atoms with Crippen molar-refractivity contribution in [2.45, 2.75) is 6.54 Å². The van der Waals surface area contributed by atoms with Crippen LogP contribution in [-0.2, 0) is 6.54 Å². The Bertz CT molecular complexity index is 1320. The summed E-state index contributed by atoms with van der Waals surface area (Å²) in [5.41, 5.74) is 3.10. The standard InChI is InChI=1S/C27H20NO/c29-27(21-8-2-1-3-9-21)19-28-16-14-20(15-17-28)26-18-22-10-4-5-11-23(22)24-12-6-7-13-25(24)26/h1-18H,19H2/q+1. The Balaban J connectivity index is 1.53. The van der Waals surface area contributed by atoms with Gasteiger partial charge in [0.1, 0.15) is 0 Å². The van der Waals surface area contributed by atoms with E-state index >= 15 is 0 Å². The number of carbonyl (C=O) groups is 1. The molecule has 4 aromatic carbocycles. The summed E-state index contributed by atoms with van der Waals surface area (Å²) in [7, 11) is 0. The molecule has 0 aliphatic rings. The molecular formula is C27H20NO+. The third kappa shape index (κ3) is 3.30. The summed E-state index contributed by atoms with van der Waals surface area (Å²) >= 11 is 0. The first-order valence-electron chi connectivity index (χ1n) is 9.78. The van der Waals surface area contributed by atoms with Gasteiger partial charge in [-0.25, -0.2) is 0 Å². The highest BCUT2D eigenvalue weighted by atomic mass is 16.1. The van der Waals surface area contributed by atoms with Crippen molar-refractivity contribution in [3.8, 4) is 11.1 Å². The van der Waals surface area contributed by atoms with E-state index in [1.807, 2.05) is 47.3 Å². The first-order chi connectivity index (χ1) is 14.3. The Kier molecular flexibility index (Phi) is 4.38. The quantitative estimate of drug-likeness (QED) is 0.220. The molecule has 0 saturated carbocycles. The number of benzene rings is 4. The molecule has 0 aliphatic carbocycles. The van der Waals surface area contributed by atoms with E-state index < -0.39 is 0 Å². The van der Waals surface area contributed by atoms with Crippen molar-refractivity contribution >= 4 is 27.3 Å². The van der Waals surface area contributed by atoms with Crippen LogP contribution in [0.4, 0.5) is 0 Å². The van der Waals surface area contributed by atoms with Crippen molar-refractivity contribution in [1.29, 1.82) is 0 Å². The van der Waals surface area contributed by atoms with Gasteiger partial charge in [0.05, 0.1) is 0 Å². The zero-order valence-electron chi connectivity index (χ0n) is 16.0. The van der Waals surface area contributed by atoms with Crippen LogP contribution in [0.25, 0.3) is 32.7 Å². The van der Waals surface area contributed by atoms with Crippen molar-refractivity contribution in [2.75, 3.05) is 0 Å². The lowest BCUT2D eigenvalue weighted by molar-refractivity contribution is -0.683. The van der Waals surface area contributed by atoms with Gasteiger partial charge < -0.3 is 0 Å². The summed E-state index contributed by atoms with van der Waals surface area (Å²) in [6.07, 6.45) is 3.97. The number of rotatable bonds is 4. The van der Waals surface area contributed by atoms with Crippen LogP contribution in [0.1, 0.15) is 10.4 Å². The topological polar surface area (TPSA) is 20.9 Å². The zero-order valence-corrected chi connectivity index (χ0v) is 16.0. The fourth-order valence-electron chi connectivity index (χ4n) is 3.92. The van der Waals surface area contributed by atoms with Crippen molar-refractivity contribution < 1.29 is 9.36 Å². The first-order valence-corrected chi connectivity index (χ1v) is 9.78. The molecule has 138 valence electrons. The number of aromatic nitrogens is 1. The third-order valence-corrected chi connectivity index (χ3v) is 5.39. The second kappa shape index (κ2) is 7.33. The fraction of sp³-hybridized carbons (Fsp3) is 0.0370. The van der Waals surface area contributed by atoms with Gasteiger partial charge >= 0.3 is 0 Å². The van der Waals surface area contributed by atoms with Gasteiger partial charge in [-0.3, -0.25) is 4.79 Å². The highest BCUT2D eigenvalue weighted by Crippen LogP contribution is 2.34. The van der Waals surface area contributed by atoms with Crippen molar-refractivity contribution in [3.05, 3.63) is 115 Å². The molecule has 5 aromatic rings. The van der Waals surface area contributed by atoms with Crippen LogP contribution in [0.15, 0.2) is 109 Å². The molecule has 1 heterocycles. The van der Waals surface area contributed by atoms with Gasteiger partial charge in [-0.2, -0.15) is 4.57 Å². The molecule has 0 amide bonds. The van der Waals surface area contributed by atoms with Gasteiger partial charge in [-0.05, 0) is 38.7 Å². The maximum atomic E-state index is 12.5. The second-order valence-electron chi connectivity index (χ2n) is 7.24. The summed E-state index contributed by atoms with van der Waals surface area (Å²) < 4.78 is 1.93. The molecule has 0 spiro atoms. The minimum Gasteiger partial charge on any atom is -0.287 e. The molecule has 0 aliphatic heterocycles. The van der Waals surface area contributed by atoms with Gasteiger partial charge in [0, 0.05) is 17.7 Å². The highest BCUT2D eigenvalue weighted by Gasteiger charge is 2.13. The minimum atomic E-state index is 0.111.